The highest BCUT2D eigenvalue weighted by Crippen LogP contribution is 2.20. The summed E-state index contributed by atoms with van der Waals surface area (Å²) in [5.41, 5.74) is 2.45. The van der Waals surface area contributed by atoms with Crippen molar-refractivity contribution in [2.24, 2.45) is 0 Å². The second-order valence-corrected chi connectivity index (χ2v) is 4.58. The Hall–Kier alpha value is -1.51. The molecule has 1 atom stereocenters. The first-order valence-corrected chi connectivity index (χ1v) is 6.42. The Morgan fingerprint density at radius 2 is 2.11 bits per heavy atom. The summed E-state index contributed by atoms with van der Waals surface area (Å²) in [6.45, 7) is 7.81. The van der Waals surface area contributed by atoms with Crippen molar-refractivity contribution < 1.29 is 14.3 Å². The minimum Gasteiger partial charge on any atom is -0.489 e. The number of benzene rings is 1. The molecule has 0 aliphatic carbocycles. The van der Waals surface area contributed by atoms with Gasteiger partial charge >= 0.3 is 5.97 Å². The summed E-state index contributed by atoms with van der Waals surface area (Å²) in [4.78, 5) is 10.8. The molecule has 3 nitrogen and oxygen atoms in total. The van der Waals surface area contributed by atoms with Crippen molar-refractivity contribution in [3.05, 3.63) is 29.3 Å². The maximum absolute atomic E-state index is 10.8. The van der Waals surface area contributed by atoms with E-state index in [0.717, 1.165) is 24.2 Å². The summed E-state index contributed by atoms with van der Waals surface area (Å²) in [6, 6.07) is 6.22. The lowest BCUT2D eigenvalue weighted by molar-refractivity contribution is -0.146. The number of carbonyl (C=O) groups excluding carboxylic acids is 1. The van der Waals surface area contributed by atoms with Crippen LogP contribution in [0.5, 0.6) is 5.75 Å². The van der Waals surface area contributed by atoms with E-state index in [4.69, 9.17) is 9.47 Å². The highest BCUT2D eigenvalue weighted by atomic mass is 16.6. The Morgan fingerprint density at radius 1 is 1.39 bits per heavy atom. The SMILES string of the molecule is CCCc1ccc(OCC(C)OC(C)=O)c(C)c1. The van der Waals surface area contributed by atoms with Crippen molar-refractivity contribution in [1.82, 2.24) is 0 Å². The van der Waals surface area contributed by atoms with Crippen molar-refractivity contribution in [3.63, 3.8) is 0 Å². The van der Waals surface area contributed by atoms with Crippen LogP contribution in [-0.2, 0) is 16.0 Å². The molecule has 3 heteroatoms. The Labute approximate surface area is 109 Å². The third kappa shape index (κ3) is 4.78. The van der Waals surface area contributed by atoms with E-state index in [1.807, 2.05) is 19.9 Å². The third-order valence-corrected chi connectivity index (χ3v) is 2.62. The molecular formula is C15H22O3. The Kier molecular flexibility index (Phi) is 5.69. The molecule has 0 aliphatic rings. The lowest BCUT2D eigenvalue weighted by Crippen LogP contribution is -2.20. The van der Waals surface area contributed by atoms with Gasteiger partial charge in [-0.1, -0.05) is 25.5 Å². The normalized spacial score (nSPS) is 12.0. The van der Waals surface area contributed by atoms with Crippen molar-refractivity contribution in [1.29, 1.82) is 0 Å². The smallest absolute Gasteiger partial charge is 0.303 e. The third-order valence-electron chi connectivity index (χ3n) is 2.62. The summed E-state index contributed by atoms with van der Waals surface area (Å²) in [5.74, 6) is 0.579. The van der Waals surface area contributed by atoms with Crippen LogP contribution in [0, 0.1) is 6.92 Å². The number of aryl methyl sites for hydroxylation is 2. The van der Waals surface area contributed by atoms with Crippen LogP contribution in [-0.4, -0.2) is 18.7 Å². The fraction of sp³-hybridized carbons (Fsp3) is 0.533. The second kappa shape index (κ2) is 7.04. The summed E-state index contributed by atoms with van der Waals surface area (Å²) in [7, 11) is 0. The van der Waals surface area contributed by atoms with Crippen LogP contribution in [0.3, 0.4) is 0 Å². The maximum atomic E-state index is 10.8. The fourth-order valence-corrected chi connectivity index (χ4v) is 1.84. The number of esters is 1. The molecule has 0 fully saturated rings. The highest BCUT2D eigenvalue weighted by molar-refractivity contribution is 5.66. The van der Waals surface area contributed by atoms with Gasteiger partial charge in [0.05, 0.1) is 0 Å². The predicted molar refractivity (Wildman–Crippen MR) is 71.9 cm³/mol. The number of ether oxygens (including phenoxy) is 2. The van der Waals surface area contributed by atoms with Gasteiger partial charge in [0, 0.05) is 6.92 Å². The van der Waals surface area contributed by atoms with Gasteiger partial charge in [-0.25, -0.2) is 0 Å². The number of rotatable bonds is 6. The van der Waals surface area contributed by atoms with E-state index >= 15 is 0 Å². The first-order valence-electron chi connectivity index (χ1n) is 6.42. The average Bonchev–Trinajstić information content (AvgIpc) is 2.27. The van der Waals surface area contributed by atoms with Gasteiger partial charge in [0.25, 0.3) is 0 Å². The minimum absolute atomic E-state index is 0.225. The molecule has 0 heterocycles. The lowest BCUT2D eigenvalue weighted by Gasteiger charge is -2.15. The molecule has 0 N–H and O–H groups in total. The quantitative estimate of drug-likeness (QED) is 0.727. The van der Waals surface area contributed by atoms with E-state index < -0.39 is 0 Å². The molecule has 1 unspecified atom stereocenters. The van der Waals surface area contributed by atoms with Crippen LogP contribution < -0.4 is 4.74 Å². The summed E-state index contributed by atoms with van der Waals surface area (Å²) >= 11 is 0. The molecular weight excluding hydrogens is 228 g/mol. The summed E-state index contributed by atoms with van der Waals surface area (Å²) in [6.07, 6.45) is 2.01. The molecule has 0 radical (unpaired) electrons. The Morgan fingerprint density at radius 3 is 2.67 bits per heavy atom. The van der Waals surface area contributed by atoms with Gasteiger partial charge in [0.15, 0.2) is 0 Å². The van der Waals surface area contributed by atoms with E-state index in [1.165, 1.54) is 12.5 Å². The van der Waals surface area contributed by atoms with Gasteiger partial charge in [0.1, 0.15) is 18.5 Å². The van der Waals surface area contributed by atoms with Gasteiger partial charge in [-0.2, -0.15) is 0 Å². The maximum Gasteiger partial charge on any atom is 0.303 e. The molecule has 0 aliphatic heterocycles. The molecule has 100 valence electrons. The van der Waals surface area contributed by atoms with E-state index in [0.29, 0.717) is 6.61 Å². The van der Waals surface area contributed by atoms with Crippen LogP contribution in [0.25, 0.3) is 0 Å². The molecule has 0 saturated carbocycles. The molecule has 0 bridgehead atoms. The zero-order chi connectivity index (χ0) is 13.5. The number of carbonyl (C=O) groups is 1. The van der Waals surface area contributed by atoms with E-state index in [1.54, 1.807) is 0 Å². The van der Waals surface area contributed by atoms with Crippen LogP contribution >= 0.6 is 0 Å². The zero-order valence-corrected chi connectivity index (χ0v) is 11.7. The van der Waals surface area contributed by atoms with Crippen LogP contribution in [0.1, 0.15) is 38.3 Å². The van der Waals surface area contributed by atoms with Crippen LogP contribution in [0.4, 0.5) is 0 Å². The standard InChI is InChI=1S/C15H22O3/c1-5-6-14-7-8-15(11(2)9-14)17-10-12(3)18-13(4)16/h7-9,12H,5-6,10H2,1-4H3. The first kappa shape index (κ1) is 14.6. The first-order chi connectivity index (χ1) is 8.52. The van der Waals surface area contributed by atoms with Crippen LogP contribution in [0.2, 0.25) is 0 Å². The number of hydrogen-bond donors (Lipinski definition) is 0. The molecule has 0 aromatic heterocycles. The second-order valence-electron chi connectivity index (χ2n) is 4.58. The predicted octanol–water partition coefficient (Wildman–Crippen LogP) is 3.28. The topological polar surface area (TPSA) is 35.5 Å². The Balaban J connectivity index is 2.54. The molecule has 1 rings (SSSR count). The average molecular weight is 250 g/mol. The van der Waals surface area contributed by atoms with Crippen molar-refractivity contribution >= 4 is 5.97 Å². The molecule has 0 spiro atoms. The highest BCUT2D eigenvalue weighted by Gasteiger charge is 2.07. The van der Waals surface area contributed by atoms with Gasteiger partial charge < -0.3 is 9.47 Å². The van der Waals surface area contributed by atoms with Gasteiger partial charge in [-0.3, -0.25) is 4.79 Å². The van der Waals surface area contributed by atoms with Gasteiger partial charge in [-0.15, -0.1) is 0 Å². The minimum atomic E-state index is -0.277. The molecule has 18 heavy (non-hydrogen) atoms. The molecule has 0 amide bonds. The zero-order valence-electron chi connectivity index (χ0n) is 11.7. The molecule has 1 aromatic carbocycles. The van der Waals surface area contributed by atoms with Crippen molar-refractivity contribution in [3.8, 4) is 5.75 Å². The van der Waals surface area contributed by atoms with E-state index in [9.17, 15) is 4.79 Å². The van der Waals surface area contributed by atoms with Gasteiger partial charge in [-0.05, 0) is 37.5 Å². The number of hydrogen-bond acceptors (Lipinski definition) is 3. The Bertz CT molecular complexity index is 399. The summed E-state index contributed by atoms with van der Waals surface area (Å²) in [5, 5.41) is 0. The lowest BCUT2D eigenvalue weighted by atomic mass is 10.1. The van der Waals surface area contributed by atoms with Crippen molar-refractivity contribution in [2.75, 3.05) is 6.61 Å². The largest absolute Gasteiger partial charge is 0.489 e. The fourth-order valence-electron chi connectivity index (χ4n) is 1.84. The molecule has 1 aromatic rings. The summed E-state index contributed by atoms with van der Waals surface area (Å²) < 4.78 is 10.7. The molecule has 0 saturated heterocycles. The van der Waals surface area contributed by atoms with Gasteiger partial charge in [0.2, 0.25) is 0 Å². The van der Waals surface area contributed by atoms with E-state index in [-0.39, 0.29) is 12.1 Å². The van der Waals surface area contributed by atoms with Crippen LogP contribution in [0.15, 0.2) is 18.2 Å². The van der Waals surface area contributed by atoms with E-state index in [2.05, 4.69) is 19.1 Å². The van der Waals surface area contributed by atoms with Crippen molar-refractivity contribution in [2.45, 2.75) is 46.6 Å². The monoisotopic (exact) mass is 250 g/mol.